The van der Waals surface area contributed by atoms with E-state index < -0.39 is 109 Å². The lowest BCUT2D eigenvalue weighted by Gasteiger charge is -2.28. The molecule has 14 N–H and O–H groups in total. The van der Waals surface area contributed by atoms with Crippen LogP contribution in [0.4, 0.5) is 0 Å². The highest BCUT2D eigenvalue weighted by Gasteiger charge is 2.35. The van der Waals surface area contributed by atoms with Crippen LogP contribution in [0.1, 0.15) is 39.3 Å². The molecule has 0 fully saturated rings. The lowest BCUT2D eigenvalue weighted by Crippen LogP contribution is -2.62. The Morgan fingerprint density at radius 2 is 1.29 bits per heavy atom. The Labute approximate surface area is 309 Å². The number of hydrogen-bond donors (Lipinski definition) is 14. The number of primary amides is 1. The molecule has 1 heterocycles. The van der Waals surface area contributed by atoms with Crippen molar-refractivity contribution in [1.82, 2.24) is 41.9 Å². The van der Waals surface area contributed by atoms with Gasteiger partial charge in [-0.2, -0.15) is 25.3 Å². The minimum Gasteiger partial charge on any atom is -0.481 e. The van der Waals surface area contributed by atoms with Gasteiger partial charge < -0.3 is 63.7 Å². The average molecular weight is 777 g/mol. The van der Waals surface area contributed by atoms with Crippen LogP contribution >= 0.6 is 25.3 Å². The number of H-pyrrole nitrogens is 1. The second kappa shape index (κ2) is 22.5. The zero-order chi connectivity index (χ0) is 39.7. The van der Waals surface area contributed by atoms with Gasteiger partial charge in [-0.25, -0.2) is 4.98 Å². The molecule has 1 aromatic heterocycles. The van der Waals surface area contributed by atoms with Gasteiger partial charge in [0.15, 0.2) is 0 Å². The third kappa shape index (κ3) is 15.4. The monoisotopic (exact) mass is 776 g/mol. The van der Waals surface area contributed by atoms with Crippen LogP contribution in [-0.2, 0) is 44.8 Å². The van der Waals surface area contributed by atoms with Crippen LogP contribution in [0.5, 0.6) is 0 Å². The summed E-state index contributed by atoms with van der Waals surface area (Å²) in [5, 5.41) is 43.4. The van der Waals surface area contributed by atoms with E-state index in [0.29, 0.717) is 5.69 Å². The van der Waals surface area contributed by atoms with E-state index >= 15 is 0 Å². The number of nitrogens with one attached hydrogen (secondary N) is 7. The maximum Gasteiger partial charge on any atom is 0.305 e. The summed E-state index contributed by atoms with van der Waals surface area (Å²) in [7, 11) is 0. The molecule has 292 valence electrons. The quantitative estimate of drug-likeness (QED) is 0.0462. The zero-order valence-corrected chi connectivity index (χ0v) is 30.5. The summed E-state index contributed by atoms with van der Waals surface area (Å²) in [4.78, 5) is 108. The van der Waals surface area contributed by atoms with Gasteiger partial charge in [-0.3, -0.25) is 38.4 Å². The SMILES string of the molecule is CC(C)C[C@H](NC(=O)[C@@H](NC(=O)[C@H](CC(=O)O)NC(=O)[C@H](CO)NC(=O)[C@H](Cc1cnc[nH]1)NC(=O)[C@@H](N)CS)[C@@H](C)O)C(=O)N[C@@H](CS)C(N)=O. The molecule has 0 spiro atoms. The van der Waals surface area contributed by atoms with Gasteiger partial charge in [0.05, 0.1) is 31.5 Å². The molecule has 1 rings (SSSR count). The molecule has 0 saturated heterocycles. The highest BCUT2D eigenvalue weighted by molar-refractivity contribution is 7.80. The van der Waals surface area contributed by atoms with Crippen LogP contribution in [0, 0.1) is 5.92 Å². The number of carbonyl (C=O) groups excluding carboxylic acids is 7. The van der Waals surface area contributed by atoms with E-state index in [9.17, 15) is 53.7 Å². The summed E-state index contributed by atoms with van der Waals surface area (Å²) in [5.41, 5.74) is 11.4. The molecule has 0 aliphatic rings. The van der Waals surface area contributed by atoms with Gasteiger partial charge in [0, 0.05) is 29.8 Å². The molecule has 0 unspecified atom stereocenters. The lowest BCUT2D eigenvalue weighted by atomic mass is 10.0. The van der Waals surface area contributed by atoms with E-state index in [1.165, 1.54) is 12.5 Å². The summed E-state index contributed by atoms with van der Waals surface area (Å²) in [6.45, 7) is 3.55. The molecular formula is C29H48N10O11S2. The van der Waals surface area contributed by atoms with Gasteiger partial charge in [-0.1, -0.05) is 13.8 Å². The number of amides is 7. The lowest BCUT2D eigenvalue weighted by molar-refractivity contribution is -0.142. The molecular weight excluding hydrogens is 729 g/mol. The minimum absolute atomic E-state index is 0.0521. The van der Waals surface area contributed by atoms with E-state index in [2.05, 4.69) is 67.1 Å². The molecule has 0 radical (unpaired) electrons. The maximum absolute atomic E-state index is 13.3. The number of aromatic nitrogens is 2. The number of aromatic amines is 1. The Morgan fingerprint density at radius 3 is 1.77 bits per heavy atom. The van der Waals surface area contributed by atoms with Crippen LogP contribution < -0.4 is 43.4 Å². The van der Waals surface area contributed by atoms with Gasteiger partial charge in [0.1, 0.15) is 36.3 Å². The Bertz CT molecular complexity index is 1400. The average Bonchev–Trinajstić information content (AvgIpc) is 3.59. The number of carbonyl (C=O) groups is 8. The van der Waals surface area contributed by atoms with E-state index in [1.54, 1.807) is 13.8 Å². The third-order valence-corrected chi connectivity index (χ3v) is 7.98. The van der Waals surface area contributed by atoms with Gasteiger partial charge >= 0.3 is 5.97 Å². The predicted molar refractivity (Wildman–Crippen MR) is 189 cm³/mol. The number of aliphatic hydroxyl groups excluding tert-OH is 2. The van der Waals surface area contributed by atoms with Crippen LogP contribution in [0.15, 0.2) is 12.5 Å². The third-order valence-electron chi connectivity index (χ3n) is 7.22. The van der Waals surface area contributed by atoms with E-state index in [0.717, 1.165) is 6.92 Å². The van der Waals surface area contributed by atoms with Crippen LogP contribution in [-0.4, -0.2) is 139 Å². The highest BCUT2D eigenvalue weighted by atomic mass is 32.1. The van der Waals surface area contributed by atoms with Crippen molar-refractivity contribution in [3.8, 4) is 0 Å². The van der Waals surface area contributed by atoms with Crippen molar-refractivity contribution >= 4 is 72.6 Å². The largest absolute Gasteiger partial charge is 0.481 e. The smallest absolute Gasteiger partial charge is 0.305 e. The van der Waals surface area contributed by atoms with E-state index in [1.807, 2.05) is 0 Å². The standard InChI is InChI=1S/C29H48N10O11S2/c1-12(2)4-16(25(46)38-20(10-52)23(31)44)36-29(50)22(13(3)41)39-27(48)18(6-21(42)43)35-28(49)19(8-40)37-26(47)17(5-14-7-32-11-33-14)34-24(45)15(30)9-51/h7,11-13,15-20,22,40-41,51-52H,4-6,8-10,30H2,1-3H3,(H2,31,44)(H,32,33)(H,34,45)(H,35,49)(H,36,50)(H,37,47)(H,38,46)(H,39,48)(H,42,43)/t13-,15+,16+,17+,18+,19+,20+,22+/m1/s1. The molecule has 1 aromatic rings. The number of rotatable bonds is 23. The first kappa shape index (κ1) is 45.6. The first-order valence-corrected chi connectivity index (χ1v) is 17.2. The van der Waals surface area contributed by atoms with Gasteiger partial charge in [0.2, 0.25) is 41.4 Å². The first-order chi connectivity index (χ1) is 24.3. The second-order valence-corrected chi connectivity index (χ2v) is 12.8. The molecule has 0 saturated carbocycles. The minimum atomic E-state index is -1.92. The summed E-state index contributed by atoms with van der Waals surface area (Å²) >= 11 is 7.92. The molecule has 8 atom stereocenters. The summed E-state index contributed by atoms with van der Waals surface area (Å²) in [5.74, 6) is -8.91. The molecule has 23 heteroatoms. The molecule has 0 aliphatic carbocycles. The predicted octanol–water partition coefficient (Wildman–Crippen LogP) is -5.57. The zero-order valence-electron chi connectivity index (χ0n) is 28.7. The van der Waals surface area contributed by atoms with Crippen molar-refractivity contribution in [3.63, 3.8) is 0 Å². The van der Waals surface area contributed by atoms with Crippen LogP contribution in [0.2, 0.25) is 0 Å². The second-order valence-electron chi connectivity index (χ2n) is 12.1. The number of carboxylic acid groups (broad SMARTS) is 1. The molecule has 0 aromatic carbocycles. The number of imidazole rings is 1. The molecule has 0 bridgehead atoms. The number of nitrogens with zero attached hydrogens (tertiary/aromatic N) is 1. The number of hydrogen-bond acceptors (Lipinski definition) is 14. The van der Waals surface area contributed by atoms with Crippen molar-refractivity contribution in [2.24, 2.45) is 17.4 Å². The molecule has 52 heavy (non-hydrogen) atoms. The normalized spacial score (nSPS) is 15.7. The Morgan fingerprint density at radius 1 is 0.769 bits per heavy atom. The van der Waals surface area contributed by atoms with E-state index in [-0.39, 0.29) is 30.3 Å². The Balaban J connectivity index is 3.18. The van der Waals surface area contributed by atoms with Crippen molar-refractivity contribution in [2.45, 2.75) is 88.4 Å². The number of aliphatic carboxylic acids is 1. The van der Waals surface area contributed by atoms with E-state index in [4.69, 9.17) is 11.5 Å². The number of nitrogens with two attached hydrogens (primary N) is 2. The molecule has 0 aliphatic heterocycles. The van der Waals surface area contributed by atoms with Crippen molar-refractivity contribution in [1.29, 1.82) is 0 Å². The fourth-order valence-electron chi connectivity index (χ4n) is 4.41. The summed E-state index contributed by atoms with van der Waals surface area (Å²) in [6, 6.07) is -10.4. The van der Waals surface area contributed by atoms with Gasteiger partial charge in [-0.05, 0) is 19.3 Å². The Kier molecular flexibility index (Phi) is 19.7. The van der Waals surface area contributed by atoms with Crippen molar-refractivity contribution in [3.05, 3.63) is 18.2 Å². The number of thiol groups is 2. The fraction of sp³-hybridized carbons (Fsp3) is 0.621. The van der Waals surface area contributed by atoms with Crippen LogP contribution in [0.25, 0.3) is 0 Å². The van der Waals surface area contributed by atoms with Crippen molar-refractivity contribution in [2.75, 3.05) is 18.1 Å². The number of carboxylic acids is 1. The molecule has 7 amide bonds. The number of aliphatic hydroxyl groups is 2. The summed E-state index contributed by atoms with van der Waals surface area (Å²) in [6.07, 6.45) is -0.0683. The first-order valence-electron chi connectivity index (χ1n) is 15.9. The fourth-order valence-corrected chi connectivity index (χ4v) is 4.85. The van der Waals surface area contributed by atoms with Crippen LogP contribution in [0.3, 0.4) is 0 Å². The molecule has 21 nitrogen and oxygen atoms in total. The van der Waals surface area contributed by atoms with Crippen molar-refractivity contribution < 1.29 is 53.7 Å². The Hall–Kier alpha value is -4.45. The van der Waals surface area contributed by atoms with Gasteiger partial charge in [-0.15, -0.1) is 0 Å². The maximum atomic E-state index is 13.3. The highest BCUT2D eigenvalue weighted by Crippen LogP contribution is 2.08. The summed E-state index contributed by atoms with van der Waals surface area (Å²) < 4.78 is 0. The van der Waals surface area contributed by atoms with Gasteiger partial charge in [0.25, 0.3) is 0 Å². The topological polar surface area (TPSA) is 350 Å².